The van der Waals surface area contributed by atoms with E-state index in [1.165, 1.54) is 0 Å². The van der Waals surface area contributed by atoms with E-state index in [2.05, 4.69) is 12.1 Å². The van der Waals surface area contributed by atoms with Crippen LogP contribution in [0.15, 0.2) is 54.6 Å². The standard InChI is InChI=1S/C18H11N3/c19-10-14-9-13-3-1-2-4-16(13)18(17(14)11-20)12-5-7-15(21)8-6-12/h1-9H,21H2. The first-order valence-corrected chi connectivity index (χ1v) is 6.46. The summed E-state index contributed by atoms with van der Waals surface area (Å²) in [6.45, 7) is 0. The van der Waals surface area contributed by atoms with Crippen LogP contribution in [-0.2, 0) is 0 Å². The quantitative estimate of drug-likeness (QED) is 0.682. The summed E-state index contributed by atoms with van der Waals surface area (Å²) in [4.78, 5) is 0. The Morgan fingerprint density at radius 3 is 2.24 bits per heavy atom. The Balaban J connectivity index is 2.47. The molecule has 0 aliphatic carbocycles. The lowest BCUT2D eigenvalue weighted by Gasteiger charge is -2.11. The number of rotatable bonds is 1. The van der Waals surface area contributed by atoms with Gasteiger partial charge in [-0.05, 0) is 34.5 Å². The molecule has 0 amide bonds. The van der Waals surface area contributed by atoms with E-state index in [1.807, 2.05) is 36.4 Å². The summed E-state index contributed by atoms with van der Waals surface area (Å²) in [7, 11) is 0. The van der Waals surface area contributed by atoms with E-state index in [0.717, 1.165) is 21.9 Å². The second kappa shape index (κ2) is 5.00. The fourth-order valence-corrected chi connectivity index (χ4v) is 2.50. The molecule has 98 valence electrons. The van der Waals surface area contributed by atoms with E-state index < -0.39 is 0 Å². The van der Waals surface area contributed by atoms with Crippen molar-refractivity contribution >= 4 is 16.5 Å². The summed E-state index contributed by atoms with van der Waals surface area (Å²) in [6, 6.07) is 21.1. The third-order valence-electron chi connectivity index (χ3n) is 3.48. The average Bonchev–Trinajstić information content (AvgIpc) is 2.53. The minimum atomic E-state index is 0.392. The Kier molecular flexibility index (Phi) is 3.03. The fourth-order valence-electron chi connectivity index (χ4n) is 2.50. The van der Waals surface area contributed by atoms with Gasteiger partial charge in [-0.25, -0.2) is 0 Å². The van der Waals surface area contributed by atoms with Crippen molar-refractivity contribution in [2.24, 2.45) is 0 Å². The number of nitrogens with zero attached hydrogens (tertiary/aromatic N) is 2. The molecule has 3 aromatic rings. The van der Waals surface area contributed by atoms with Gasteiger partial charge in [0.15, 0.2) is 0 Å². The molecule has 3 aromatic carbocycles. The number of nitriles is 2. The first kappa shape index (κ1) is 12.7. The Hall–Kier alpha value is -3.30. The molecule has 0 fully saturated rings. The molecule has 0 radical (unpaired) electrons. The summed E-state index contributed by atoms with van der Waals surface area (Å²) < 4.78 is 0. The predicted octanol–water partition coefficient (Wildman–Crippen LogP) is 3.83. The molecule has 0 aromatic heterocycles. The van der Waals surface area contributed by atoms with Crippen molar-refractivity contribution in [2.75, 3.05) is 5.73 Å². The van der Waals surface area contributed by atoms with E-state index in [0.29, 0.717) is 16.8 Å². The molecule has 3 rings (SSSR count). The van der Waals surface area contributed by atoms with Gasteiger partial charge in [-0.15, -0.1) is 0 Å². The van der Waals surface area contributed by atoms with Crippen LogP contribution in [0.3, 0.4) is 0 Å². The highest BCUT2D eigenvalue weighted by molar-refractivity contribution is 6.01. The monoisotopic (exact) mass is 269 g/mol. The van der Waals surface area contributed by atoms with Crippen LogP contribution in [0, 0.1) is 22.7 Å². The second-order valence-electron chi connectivity index (χ2n) is 4.74. The maximum absolute atomic E-state index is 9.48. The summed E-state index contributed by atoms with van der Waals surface area (Å²) in [5, 5.41) is 20.7. The number of nitrogens with two attached hydrogens (primary N) is 1. The van der Waals surface area contributed by atoms with Gasteiger partial charge in [0.05, 0.1) is 11.1 Å². The summed E-state index contributed by atoms with van der Waals surface area (Å²) in [6.07, 6.45) is 0. The highest BCUT2D eigenvalue weighted by atomic mass is 14.5. The molecular weight excluding hydrogens is 258 g/mol. The molecule has 0 saturated carbocycles. The normalized spacial score (nSPS) is 10.0. The molecule has 2 N–H and O–H groups in total. The van der Waals surface area contributed by atoms with Gasteiger partial charge in [-0.2, -0.15) is 10.5 Å². The van der Waals surface area contributed by atoms with Gasteiger partial charge in [0.25, 0.3) is 0 Å². The first-order chi connectivity index (χ1) is 10.2. The molecule has 0 atom stereocenters. The number of anilines is 1. The lowest BCUT2D eigenvalue weighted by atomic mass is 9.90. The molecule has 0 unspecified atom stereocenters. The van der Waals surface area contributed by atoms with Crippen LogP contribution >= 0.6 is 0 Å². The van der Waals surface area contributed by atoms with E-state index >= 15 is 0 Å². The Morgan fingerprint density at radius 2 is 1.57 bits per heavy atom. The Morgan fingerprint density at radius 1 is 0.857 bits per heavy atom. The molecule has 0 aliphatic rings. The van der Waals surface area contributed by atoms with Crippen molar-refractivity contribution in [3.05, 3.63) is 65.7 Å². The largest absolute Gasteiger partial charge is 0.399 e. The summed E-state index contributed by atoms with van der Waals surface area (Å²) in [5.74, 6) is 0. The molecule has 0 bridgehead atoms. The maximum Gasteiger partial charge on any atom is 0.101 e. The van der Waals surface area contributed by atoms with Gasteiger partial charge in [0.1, 0.15) is 12.1 Å². The molecule has 3 heteroatoms. The summed E-state index contributed by atoms with van der Waals surface area (Å²) in [5.41, 5.74) is 8.85. The highest BCUT2D eigenvalue weighted by Crippen LogP contribution is 2.34. The molecule has 21 heavy (non-hydrogen) atoms. The van der Waals surface area contributed by atoms with Crippen LogP contribution in [0.25, 0.3) is 21.9 Å². The fraction of sp³-hybridized carbons (Fsp3) is 0. The predicted molar refractivity (Wildman–Crippen MR) is 83.2 cm³/mol. The van der Waals surface area contributed by atoms with E-state index in [9.17, 15) is 10.5 Å². The smallest absolute Gasteiger partial charge is 0.101 e. The number of fused-ring (bicyclic) bond motifs is 1. The lowest BCUT2D eigenvalue weighted by molar-refractivity contribution is 1.44. The molecule has 0 aliphatic heterocycles. The van der Waals surface area contributed by atoms with Crippen LogP contribution in [0.1, 0.15) is 11.1 Å². The number of benzene rings is 3. The minimum Gasteiger partial charge on any atom is -0.399 e. The zero-order chi connectivity index (χ0) is 14.8. The highest BCUT2D eigenvalue weighted by Gasteiger charge is 2.14. The van der Waals surface area contributed by atoms with E-state index in [-0.39, 0.29) is 0 Å². The maximum atomic E-state index is 9.48. The number of hydrogen-bond donors (Lipinski definition) is 1. The van der Waals surface area contributed by atoms with Gasteiger partial charge < -0.3 is 5.73 Å². The third kappa shape index (κ3) is 2.08. The van der Waals surface area contributed by atoms with Crippen molar-refractivity contribution in [1.82, 2.24) is 0 Å². The van der Waals surface area contributed by atoms with E-state index in [1.54, 1.807) is 18.2 Å². The van der Waals surface area contributed by atoms with Crippen LogP contribution in [0.2, 0.25) is 0 Å². The molecule has 0 saturated heterocycles. The third-order valence-corrected chi connectivity index (χ3v) is 3.48. The first-order valence-electron chi connectivity index (χ1n) is 6.46. The number of nitrogen functional groups attached to an aromatic ring is 1. The topological polar surface area (TPSA) is 73.6 Å². The van der Waals surface area contributed by atoms with Crippen molar-refractivity contribution in [1.29, 1.82) is 10.5 Å². The van der Waals surface area contributed by atoms with Crippen LogP contribution in [0.4, 0.5) is 5.69 Å². The Labute approximate surface area is 122 Å². The number of hydrogen-bond acceptors (Lipinski definition) is 3. The van der Waals surface area contributed by atoms with Gasteiger partial charge in [0, 0.05) is 11.3 Å². The Bertz CT molecular complexity index is 910. The zero-order valence-corrected chi connectivity index (χ0v) is 11.2. The van der Waals surface area contributed by atoms with Crippen molar-refractivity contribution in [3.8, 4) is 23.3 Å². The van der Waals surface area contributed by atoms with Gasteiger partial charge in [0.2, 0.25) is 0 Å². The van der Waals surface area contributed by atoms with Gasteiger partial charge >= 0.3 is 0 Å². The summed E-state index contributed by atoms with van der Waals surface area (Å²) >= 11 is 0. The van der Waals surface area contributed by atoms with Crippen LogP contribution in [-0.4, -0.2) is 0 Å². The van der Waals surface area contributed by atoms with Crippen molar-refractivity contribution in [2.45, 2.75) is 0 Å². The molecule has 0 heterocycles. The molecule has 3 nitrogen and oxygen atoms in total. The average molecular weight is 269 g/mol. The SMILES string of the molecule is N#Cc1cc2ccccc2c(-c2ccc(N)cc2)c1C#N. The van der Waals surface area contributed by atoms with Crippen molar-refractivity contribution in [3.63, 3.8) is 0 Å². The minimum absolute atomic E-state index is 0.392. The van der Waals surface area contributed by atoms with E-state index in [4.69, 9.17) is 5.73 Å². The van der Waals surface area contributed by atoms with Gasteiger partial charge in [-0.1, -0.05) is 36.4 Å². The lowest BCUT2D eigenvalue weighted by Crippen LogP contribution is -1.93. The molecular formula is C18H11N3. The van der Waals surface area contributed by atoms with Gasteiger partial charge in [-0.3, -0.25) is 0 Å². The van der Waals surface area contributed by atoms with Crippen molar-refractivity contribution < 1.29 is 0 Å². The van der Waals surface area contributed by atoms with Crippen LogP contribution < -0.4 is 5.73 Å². The second-order valence-corrected chi connectivity index (χ2v) is 4.74. The van der Waals surface area contributed by atoms with Crippen LogP contribution in [0.5, 0.6) is 0 Å². The zero-order valence-electron chi connectivity index (χ0n) is 11.2. The molecule has 0 spiro atoms.